The Morgan fingerprint density at radius 3 is 2.27 bits per heavy atom. The third-order valence-corrected chi connectivity index (χ3v) is 3.04. The second-order valence-corrected chi connectivity index (χ2v) is 4.64. The van der Waals surface area contributed by atoms with Crippen molar-refractivity contribution in [3.63, 3.8) is 0 Å². The van der Waals surface area contributed by atoms with Gasteiger partial charge >= 0.3 is 0 Å². The second-order valence-electron chi connectivity index (χ2n) is 4.21. The molecule has 0 heterocycles. The number of carboxylic acid groups (broad SMARTS) is 1. The minimum Gasteiger partial charge on any atom is -0.545 e. The molecule has 2 aromatic carbocycles. The van der Waals surface area contributed by atoms with E-state index in [0.717, 1.165) is 12.1 Å². The minimum atomic E-state index is -1.68. The summed E-state index contributed by atoms with van der Waals surface area (Å²) in [5.41, 5.74) is -1.42. The van der Waals surface area contributed by atoms with E-state index < -0.39 is 33.6 Å². The Morgan fingerprint density at radius 1 is 1.09 bits per heavy atom. The topological polar surface area (TPSA) is 112 Å². The molecule has 0 atom stereocenters. The van der Waals surface area contributed by atoms with Gasteiger partial charge in [-0.3, -0.25) is 14.9 Å². The molecule has 1 N–H and O–H groups in total. The van der Waals surface area contributed by atoms with Gasteiger partial charge in [-0.1, -0.05) is 23.7 Å². The summed E-state index contributed by atoms with van der Waals surface area (Å²) < 4.78 is 0. The average Bonchev–Trinajstić information content (AvgIpc) is 2.48. The van der Waals surface area contributed by atoms with E-state index in [1.54, 1.807) is 0 Å². The van der Waals surface area contributed by atoms with Gasteiger partial charge in [-0.25, -0.2) is 0 Å². The van der Waals surface area contributed by atoms with Crippen LogP contribution in [0.4, 0.5) is 11.4 Å². The molecule has 0 saturated carbocycles. The van der Waals surface area contributed by atoms with Crippen LogP contribution in [0.15, 0.2) is 42.5 Å². The Hall–Kier alpha value is -2.93. The highest BCUT2D eigenvalue weighted by Crippen LogP contribution is 2.24. The number of hydrogen-bond donors (Lipinski definition) is 1. The van der Waals surface area contributed by atoms with Crippen molar-refractivity contribution in [1.29, 1.82) is 0 Å². The van der Waals surface area contributed by atoms with Gasteiger partial charge in [-0.05, 0) is 24.3 Å². The third kappa shape index (κ3) is 3.21. The van der Waals surface area contributed by atoms with Crippen LogP contribution < -0.4 is 10.4 Å². The van der Waals surface area contributed by atoms with Crippen LogP contribution in [-0.4, -0.2) is 16.8 Å². The van der Waals surface area contributed by atoms with E-state index in [4.69, 9.17) is 11.6 Å². The number of halogens is 1. The number of anilines is 1. The molecular weight excluding hydrogens is 312 g/mol. The van der Waals surface area contributed by atoms with Crippen LogP contribution in [0, 0.1) is 10.1 Å². The fourth-order valence-electron chi connectivity index (χ4n) is 1.83. The van der Waals surface area contributed by atoms with Gasteiger partial charge < -0.3 is 15.2 Å². The van der Waals surface area contributed by atoms with Gasteiger partial charge in [0.25, 0.3) is 11.6 Å². The summed E-state index contributed by atoms with van der Waals surface area (Å²) >= 11 is 5.71. The monoisotopic (exact) mass is 319 g/mol. The highest BCUT2D eigenvalue weighted by atomic mass is 35.5. The van der Waals surface area contributed by atoms with Crippen molar-refractivity contribution < 1.29 is 19.6 Å². The number of benzene rings is 2. The summed E-state index contributed by atoms with van der Waals surface area (Å²) in [7, 11) is 0. The molecule has 8 heteroatoms. The number of carbonyl (C=O) groups excluding carboxylic acids is 2. The van der Waals surface area contributed by atoms with E-state index in [2.05, 4.69) is 5.32 Å². The molecule has 1 amide bonds. The van der Waals surface area contributed by atoms with Gasteiger partial charge in [0.1, 0.15) is 5.56 Å². The zero-order valence-corrected chi connectivity index (χ0v) is 11.7. The van der Waals surface area contributed by atoms with Crippen molar-refractivity contribution in [1.82, 2.24) is 0 Å². The van der Waals surface area contributed by atoms with E-state index in [-0.39, 0.29) is 0 Å². The molecule has 22 heavy (non-hydrogen) atoms. The van der Waals surface area contributed by atoms with E-state index in [1.807, 2.05) is 0 Å². The number of carbonyl (C=O) groups is 2. The van der Waals surface area contributed by atoms with Crippen molar-refractivity contribution in [2.24, 2.45) is 0 Å². The molecule has 0 aliphatic heterocycles. The summed E-state index contributed by atoms with van der Waals surface area (Å²) in [6.45, 7) is 0. The van der Waals surface area contributed by atoms with Crippen LogP contribution in [0.1, 0.15) is 20.7 Å². The number of nitrogens with one attached hydrogen (secondary N) is 1. The fraction of sp³-hybridized carbons (Fsp3) is 0. The van der Waals surface area contributed by atoms with Gasteiger partial charge in [0.15, 0.2) is 0 Å². The first kappa shape index (κ1) is 15.5. The quantitative estimate of drug-likeness (QED) is 0.682. The molecule has 0 saturated heterocycles. The predicted molar refractivity (Wildman–Crippen MR) is 76.8 cm³/mol. The maximum Gasteiger partial charge on any atom is 0.282 e. The normalized spacial score (nSPS) is 10.0. The van der Waals surface area contributed by atoms with Crippen molar-refractivity contribution >= 4 is 34.9 Å². The van der Waals surface area contributed by atoms with E-state index in [1.165, 1.54) is 30.3 Å². The summed E-state index contributed by atoms with van der Waals surface area (Å²) in [5.74, 6) is -2.60. The van der Waals surface area contributed by atoms with E-state index >= 15 is 0 Å². The lowest BCUT2D eigenvalue weighted by Crippen LogP contribution is -2.27. The van der Waals surface area contributed by atoms with Crippen LogP contribution in [0.2, 0.25) is 5.02 Å². The van der Waals surface area contributed by atoms with E-state index in [9.17, 15) is 24.8 Å². The smallest absolute Gasteiger partial charge is 0.282 e. The Bertz CT molecular complexity index is 726. The lowest BCUT2D eigenvalue weighted by molar-refractivity contribution is -0.385. The molecule has 0 spiro atoms. The van der Waals surface area contributed by atoms with Gasteiger partial charge in [0, 0.05) is 22.3 Å². The van der Waals surface area contributed by atoms with Gasteiger partial charge in [-0.15, -0.1) is 0 Å². The van der Waals surface area contributed by atoms with Gasteiger partial charge in [-0.2, -0.15) is 0 Å². The SMILES string of the molecule is O=C([O-])c1cccc([N+](=O)[O-])c1C(=O)Nc1ccc(Cl)cc1. The first-order chi connectivity index (χ1) is 10.4. The first-order valence-electron chi connectivity index (χ1n) is 5.96. The molecular formula is C14H8ClN2O5-. The average molecular weight is 320 g/mol. The zero-order chi connectivity index (χ0) is 16.3. The molecule has 7 nitrogen and oxygen atoms in total. The van der Waals surface area contributed by atoms with Crippen molar-refractivity contribution in [3.8, 4) is 0 Å². The number of aromatic carboxylic acids is 1. The van der Waals surface area contributed by atoms with Crippen LogP contribution >= 0.6 is 11.6 Å². The molecule has 0 radical (unpaired) electrons. The Labute approximate surface area is 129 Å². The van der Waals surface area contributed by atoms with Crippen LogP contribution in [-0.2, 0) is 0 Å². The summed E-state index contributed by atoms with van der Waals surface area (Å²) in [4.78, 5) is 33.4. The molecule has 0 bridgehead atoms. The lowest BCUT2D eigenvalue weighted by Gasteiger charge is -2.11. The van der Waals surface area contributed by atoms with Crippen molar-refractivity contribution in [2.75, 3.05) is 5.32 Å². The van der Waals surface area contributed by atoms with Crippen LogP contribution in [0.25, 0.3) is 0 Å². The number of amides is 1. The maximum absolute atomic E-state index is 12.2. The molecule has 2 rings (SSSR count). The highest BCUT2D eigenvalue weighted by Gasteiger charge is 2.24. The third-order valence-electron chi connectivity index (χ3n) is 2.79. The molecule has 0 unspecified atom stereocenters. The molecule has 0 aliphatic carbocycles. The molecule has 112 valence electrons. The van der Waals surface area contributed by atoms with Crippen molar-refractivity contribution in [2.45, 2.75) is 0 Å². The van der Waals surface area contributed by atoms with Gasteiger partial charge in [0.05, 0.1) is 10.9 Å². The summed E-state index contributed by atoms with van der Waals surface area (Å²) in [6.07, 6.45) is 0. The molecule has 0 fully saturated rings. The first-order valence-corrected chi connectivity index (χ1v) is 6.33. The number of nitro groups is 1. The molecule has 2 aromatic rings. The Morgan fingerprint density at radius 2 is 1.73 bits per heavy atom. The molecule has 0 aliphatic rings. The largest absolute Gasteiger partial charge is 0.545 e. The van der Waals surface area contributed by atoms with Crippen LogP contribution in [0.3, 0.4) is 0 Å². The molecule has 0 aromatic heterocycles. The highest BCUT2D eigenvalue weighted by molar-refractivity contribution is 6.30. The van der Waals surface area contributed by atoms with Crippen LogP contribution in [0.5, 0.6) is 0 Å². The maximum atomic E-state index is 12.2. The Balaban J connectivity index is 2.45. The minimum absolute atomic E-state index is 0.317. The number of nitro benzene ring substituents is 1. The van der Waals surface area contributed by atoms with E-state index in [0.29, 0.717) is 10.7 Å². The Kier molecular flexibility index (Phi) is 4.38. The lowest BCUT2D eigenvalue weighted by atomic mass is 10.0. The number of hydrogen-bond acceptors (Lipinski definition) is 5. The van der Waals surface area contributed by atoms with Crippen molar-refractivity contribution in [3.05, 3.63) is 68.7 Å². The number of nitrogens with zero attached hydrogens (tertiary/aromatic N) is 1. The number of carboxylic acids is 1. The second kappa shape index (κ2) is 6.23. The zero-order valence-electron chi connectivity index (χ0n) is 10.9. The van der Waals surface area contributed by atoms with Gasteiger partial charge in [0.2, 0.25) is 0 Å². The summed E-state index contributed by atoms with van der Waals surface area (Å²) in [5, 5.41) is 24.9. The predicted octanol–water partition coefficient (Wildman–Crippen LogP) is 1.86. The summed E-state index contributed by atoms with van der Waals surface area (Å²) in [6, 6.07) is 9.26. The standard InChI is InChI=1S/C14H9ClN2O5/c15-8-4-6-9(7-5-8)16-13(18)12-10(14(19)20)2-1-3-11(12)17(21)22/h1-7H,(H,16,18)(H,19,20)/p-1. The fourth-order valence-corrected chi connectivity index (χ4v) is 1.95. The number of rotatable bonds is 4.